The molecule has 4 aliphatic carbocycles. The van der Waals surface area contributed by atoms with E-state index in [1.807, 2.05) is 12.1 Å². The van der Waals surface area contributed by atoms with E-state index < -0.39 is 11.0 Å². The van der Waals surface area contributed by atoms with E-state index in [1.165, 1.54) is 0 Å². The van der Waals surface area contributed by atoms with Crippen molar-refractivity contribution in [3.8, 4) is 0 Å². The zero-order valence-corrected chi connectivity index (χ0v) is 16.4. The Bertz CT molecular complexity index is 733. The Morgan fingerprint density at radius 3 is 2.41 bits per heavy atom. The van der Waals surface area contributed by atoms with Crippen molar-refractivity contribution in [2.24, 2.45) is 17.3 Å². The van der Waals surface area contributed by atoms with Gasteiger partial charge in [0.2, 0.25) is 0 Å². The van der Waals surface area contributed by atoms with E-state index >= 15 is 0 Å². The van der Waals surface area contributed by atoms with Crippen molar-refractivity contribution in [3.05, 3.63) is 34.9 Å². The fourth-order valence-corrected chi connectivity index (χ4v) is 5.92. The molecule has 4 fully saturated rings. The minimum Gasteiger partial charge on any atom is -0.455 e. The van der Waals surface area contributed by atoms with Crippen molar-refractivity contribution >= 4 is 23.5 Å². The van der Waals surface area contributed by atoms with E-state index in [0.29, 0.717) is 29.8 Å². The molecule has 0 saturated heterocycles. The van der Waals surface area contributed by atoms with Crippen LogP contribution in [0.1, 0.15) is 44.1 Å². The fourth-order valence-electron chi connectivity index (χ4n) is 5.80. The summed E-state index contributed by atoms with van der Waals surface area (Å²) in [6, 6.07) is 7.31. The molecule has 4 atom stereocenters. The Morgan fingerprint density at radius 1 is 1.19 bits per heavy atom. The summed E-state index contributed by atoms with van der Waals surface area (Å²) >= 11 is 5.88. The maximum atomic E-state index is 12.8. The molecule has 5 nitrogen and oxygen atoms in total. The predicted octanol–water partition coefficient (Wildman–Crippen LogP) is 3.17. The summed E-state index contributed by atoms with van der Waals surface area (Å²) in [6.45, 7) is 0.182. The molecule has 0 aromatic heterocycles. The molecule has 1 aromatic carbocycles. The van der Waals surface area contributed by atoms with Crippen molar-refractivity contribution in [1.29, 1.82) is 0 Å². The molecule has 4 aliphatic rings. The third-order valence-corrected chi connectivity index (χ3v) is 6.80. The number of amides is 1. The van der Waals surface area contributed by atoms with Gasteiger partial charge in [-0.2, -0.15) is 0 Å². The number of nitrogens with zero attached hydrogens (tertiary/aromatic N) is 1. The summed E-state index contributed by atoms with van der Waals surface area (Å²) in [7, 11) is 1.69. The Hall–Kier alpha value is -1.59. The first-order chi connectivity index (χ1) is 12.8. The van der Waals surface area contributed by atoms with Crippen LogP contribution < -0.4 is 0 Å². The number of esters is 1. The van der Waals surface area contributed by atoms with Gasteiger partial charge in [-0.3, -0.25) is 9.59 Å². The molecule has 4 bridgehead atoms. The highest BCUT2D eigenvalue weighted by Gasteiger charge is 2.60. The first-order valence-electron chi connectivity index (χ1n) is 9.65. The van der Waals surface area contributed by atoms with Crippen LogP contribution in [0.15, 0.2) is 24.3 Å². The molecule has 4 saturated carbocycles. The number of aliphatic hydroxyl groups is 1. The zero-order chi connectivity index (χ0) is 19.2. The first-order valence-corrected chi connectivity index (χ1v) is 10.0. The van der Waals surface area contributed by atoms with Crippen LogP contribution in [-0.2, 0) is 20.9 Å². The Labute approximate surface area is 164 Å². The lowest BCUT2D eigenvalue weighted by Gasteiger charge is -2.58. The molecule has 1 amide bonds. The van der Waals surface area contributed by atoms with E-state index in [1.54, 1.807) is 24.1 Å². The van der Waals surface area contributed by atoms with E-state index in [9.17, 15) is 14.7 Å². The van der Waals surface area contributed by atoms with Crippen LogP contribution in [0.2, 0.25) is 5.02 Å². The molecule has 0 radical (unpaired) electrons. The van der Waals surface area contributed by atoms with E-state index in [4.69, 9.17) is 16.3 Å². The highest BCUT2D eigenvalue weighted by atomic mass is 35.5. The summed E-state index contributed by atoms with van der Waals surface area (Å²) in [5, 5.41) is 11.4. The zero-order valence-electron chi connectivity index (χ0n) is 15.6. The first kappa shape index (κ1) is 18.8. The maximum Gasteiger partial charge on any atom is 0.312 e. The Balaban J connectivity index is 1.33. The molecular formula is C21H26ClNO4. The SMILES string of the molecule is CN(Cc1ccc(Cl)cc1)C(=O)COC(=O)C12C[C@@H]3C[C@@H](CC(O)(C3)C1)C2. The van der Waals surface area contributed by atoms with Crippen LogP contribution in [0, 0.1) is 17.3 Å². The van der Waals surface area contributed by atoms with Crippen molar-refractivity contribution in [1.82, 2.24) is 4.90 Å². The van der Waals surface area contributed by atoms with Crippen molar-refractivity contribution in [3.63, 3.8) is 0 Å². The second-order valence-electron chi connectivity index (χ2n) is 8.92. The molecule has 6 heteroatoms. The lowest BCUT2D eigenvalue weighted by Crippen LogP contribution is -2.58. The standard InChI is InChI=1S/C21H26ClNO4/c1-23(11-14-2-4-17(22)5-3-14)18(24)12-27-19(25)20-7-15-6-16(8-20)10-21(26,9-15)13-20/h2-5,15-16,26H,6-13H2,1H3/t15-,16+,20?,21?. The molecule has 27 heavy (non-hydrogen) atoms. The van der Waals surface area contributed by atoms with Gasteiger partial charge in [0.1, 0.15) is 0 Å². The number of rotatable bonds is 5. The number of ether oxygens (including phenoxy) is 1. The van der Waals surface area contributed by atoms with Crippen LogP contribution in [0.25, 0.3) is 0 Å². The van der Waals surface area contributed by atoms with Crippen LogP contribution in [0.4, 0.5) is 0 Å². The van der Waals surface area contributed by atoms with Gasteiger partial charge in [-0.05, 0) is 68.1 Å². The van der Waals surface area contributed by atoms with Crippen LogP contribution in [0.5, 0.6) is 0 Å². The molecule has 146 valence electrons. The third-order valence-electron chi connectivity index (χ3n) is 6.55. The second-order valence-corrected chi connectivity index (χ2v) is 9.35. The van der Waals surface area contributed by atoms with Gasteiger partial charge in [-0.1, -0.05) is 23.7 Å². The monoisotopic (exact) mass is 391 g/mol. The highest BCUT2D eigenvalue weighted by Crippen LogP contribution is 2.61. The number of carbonyl (C=O) groups excluding carboxylic acids is 2. The number of likely N-dealkylation sites (N-methyl/N-ethyl adjacent to an activating group) is 1. The lowest BCUT2D eigenvalue weighted by atomic mass is 9.48. The van der Waals surface area contributed by atoms with Crippen LogP contribution in [-0.4, -0.2) is 41.1 Å². The van der Waals surface area contributed by atoms with Gasteiger partial charge in [-0.25, -0.2) is 0 Å². The van der Waals surface area contributed by atoms with Gasteiger partial charge in [0.15, 0.2) is 6.61 Å². The largest absolute Gasteiger partial charge is 0.455 e. The summed E-state index contributed by atoms with van der Waals surface area (Å²) in [4.78, 5) is 26.8. The lowest BCUT2D eigenvalue weighted by molar-refractivity contribution is -0.196. The maximum absolute atomic E-state index is 12.8. The molecule has 0 spiro atoms. The summed E-state index contributed by atoms with van der Waals surface area (Å²) in [5.74, 6) is 0.282. The summed E-state index contributed by atoms with van der Waals surface area (Å²) in [5.41, 5.74) is -0.336. The van der Waals surface area contributed by atoms with Gasteiger partial charge in [0, 0.05) is 18.6 Å². The van der Waals surface area contributed by atoms with Gasteiger partial charge < -0.3 is 14.7 Å². The Morgan fingerprint density at radius 2 is 1.81 bits per heavy atom. The average molecular weight is 392 g/mol. The minimum absolute atomic E-state index is 0.234. The number of hydrogen-bond acceptors (Lipinski definition) is 4. The van der Waals surface area contributed by atoms with Gasteiger partial charge in [0.05, 0.1) is 11.0 Å². The number of halogens is 1. The topological polar surface area (TPSA) is 66.8 Å². The van der Waals surface area contributed by atoms with Gasteiger partial charge >= 0.3 is 5.97 Å². The average Bonchev–Trinajstić information content (AvgIpc) is 2.59. The second kappa shape index (κ2) is 6.78. The third kappa shape index (κ3) is 3.72. The van der Waals surface area contributed by atoms with E-state index in [-0.39, 0.29) is 18.5 Å². The van der Waals surface area contributed by atoms with Crippen LogP contribution in [0.3, 0.4) is 0 Å². The summed E-state index contributed by atoms with van der Waals surface area (Å²) in [6.07, 6.45) is 4.79. The van der Waals surface area contributed by atoms with Gasteiger partial charge in [-0.15, -0.1) is 0 Å². The molecule has 1 aromatic rings. The molecule has 2 unspecified atom stereocenters. The number of benzene rings is 1. The highest BCUT2D eigenvalue weighted by molar-refractivity contribution is 6.30. The molecule has 5 rings (SSSR count). The van der Waals surface area contributed by atoms with Crippen molar-refractivity contribution in [2.45, 2.75) is 50.7 Å². The van der Waals surface area contributed by atoms with E-state index in [2.05, 4.69) is 0 Å². The normalized spacial score (nSPS) is 33.7. The predicted molar refractivity (Wildman–Crippen MR) is 101 cm³/mol. The Kier molecular flexibility index (Phi) is 4.71. The quantitative estimate of drug-likeness (QED) is 0.783. The number of carbonyl (C=O) groups is 2. The molecular weight excluding hydrogens is 366 g/mol. The van der Waals surface area contributed by atoms with Crippen molar-refractivity contribution < 1.29 is 19.4 Å². The molecule has 1 N–H and O–H groups in total. The van der Waals surface area contributed by atoms with Crippen LogP contribution >= 0.6 is 11.6 Å². The van der Waals surface area contributed by atoms with E-state index in [0.717, 1.165) is 37.7 Å². The fraction of sp³-hybridized carbons (Fsp3) is 0.619. The smallest absolute Gasteiger partial charge is 0.312 e. The summed E-state index contributed by atoms with van der Waals surface area (Å²) < 4.78 is 5.45. The van der Waals surface area contributed by atoms with Gasteiger partial charge in [0.25, 0.3) is 5.91 Å². The number of hydrogen-bond donors (Lipinski definition) is 1. The molecule has 0 heterocycles. The molecule has 0 aliphatic heterocycles. The van der Waals surface area contributed by atoms with Crippen molar-refractivity contribution in [2.75, 3.05) is 13.7 Å². The minimum atomic E-state index is -0.710.